The zero-order valence-corrected chi connectivity index (χ0v) is 20.2. The van der Waals surface area contributed by atoms with Gasteiger partial charge in [-0.15, -0.1) is 0 Å². The van der Waals surface area contributed by atoms with Crippen molar-refractivity contribution in [2.24, 2.45) is 5.92 Å². The molecule has 2 aliphatic rings. The number of piperidine rings is 1. The number of nitro benzene ring substituents is 1. The second-order valence-corrected chi connectivity index (χ2v) is 11.4. The highest BCUT2D eigenvalue weighted by Crippen LogP contribution is 2.40. The number of nitrogens with one attached hydrogen (secondary N) is 1. The van der Waals surface area contributed by atoms with E-state index in [0.717, 1.165) is 31.7 Å². The first kappa shape index (κ1) is 24.3. The minimum Gasteiger partial charge on any atom is -0.355 e. The lowest BCUT2D eigenvalue weighted by Crippen LogP contribution is -2.46. The molecule has 1 amide bonds. The van der Waals surface area contributed by atoms with Gasteiger partial charge < -0.3 is 5.32 Å². The molecule has 1 aliphatic carbocycles. The Morgan fingerprint density at radius 1 is 1.12 bits per heavy atom. The number of hydrogen-bond donors (Lipinski definition) is 1. The molecular weight excluding hydrogens is 454 g/mol. The Morgan fingerprint density at radius 3 is 2.38 bits per heavy atom. The van der Waals surface area contributed by atoms with Gasteiger partial charge in [0.15, 0.2) is 0 Å². The second-order valence-electron chi connectivity index (χ2n) is 9.46. The minimum absolute atomic E-state index is 0.0224. The minimum atomic E-state index is -3.87. The number of sulfonamides is 1. The number of amides is 1. The van der Waals surface area contributed by atoms with Gasteiger partial charge in [-0.25, -0.2) is 8.42 Å². The van der Waals surface area contributed by atoms with Crippen LogP contribution in [0.1, 0.15) is 49.7 Å². The summed E-state index contributed by atoms with van der Waals surface area (Å²) in [6, 6.07) is 14.2. The Labute approximate surface area is 200 Å². The molecular formula is C25H31N3O5S. The van der Waals surface area contributed by atoms with Crippen LogP contribution in [0, 0.1) is 23.0 Å². The average molecular weight is 486 g/mol. The number of hydrogen-bond acceptors (Lipinski definition) is 5. The van der Waals surface area contributed by atoms with Crippen LogP contribution in [0.3, 0.4) is 0 Å². The number of nitro groups is 1. The molecule has 1 heterocycles. The van der Waals surface area contributed by atoms with E-state index in [4.69, 9.17) is 0 Å². The molecule has 1 aliphatic heterocycles. The number of benzene rings is 2. The molecule has 1 saturated heterocycles. The fourth-order valence-corrected chi connectivity index (χ4v) is 7.00. The molecule has 1 saturated carbocycles. The summed E-state index contributed by atoms with van der Waals surface area (Å²) in [5, 5.41) is 14.3. The third kappa shape index (κ3) is 4.86. The van der Waals surface area contributed by atoms with Crippen molar-refractivity contribution in [3.63, 3.8) is 0 Å². The topological polar surface area (TPSA) is 110 Å². The van der Waals surface area contributed by atoms with Gasteiger partial charge >= 0.3 is 0 Å². The maximum atomic E-state index is 13.2. The molecule has 0 unspecified atom stereocenters. The normalized spacial score (nSPS) is 19.1. The van der Waals surface area contributed by atoms with Gasteiger partial charge in [0.05, 0.1) is 9.82 Å². The Bertz CT molecular complexity index is 1150. The molecule has 0 aromatic heterocycles. The maximum absolute atomic E-state index is 13.2. The first-order valence-corrected chi connectivity index (χ1v) is 13.3. The van der Waals surface area contributed by atoms with E-state index >= 15 is 0 Å². The fourth-order valence-electron chi connectivity index (χ4n) is 5.29. The van der Waals surface area contributed by atoms with Gasteiger partial charge in [0.25, 0.3) is 5.69 Å². The van der Waals surface area contributed by atoms with Crippen molar-refractivity contribution in [3.05, 3.63) is 69.8 Å². The van der Waals surface area contributed by atoms with Crippen LogP contribution in [-0.2, 0) is 20.2 Å². The van der Waals surface area contributed by atoms with E-state index in [0.29, 0.717) is 24.9 Å². The van der Waals surface area contributed by atoms with E-state index in [-0.39, 0.29) is 40.9 Å². The highest BCUT2D eigenvalue weighted by Gasteiger charge is 2.38. The smallest absolute Gasteiger partial charge is 0.270 e. The summed E-state index contributed by atoms with van der Waals surface area (Å²) >= 11 is 0. The largest absolute Gasteiger partial charge is 0.355 e. The third-order valence-corrected chi connectivity index (χ3v) is 9.41. The molecule has 2 aromatic rings. The van der Waals surface area contributed by atoms with Gasteiger partial charge in [-0.05, 0) is 43.7 Å². The molecule has 0 atom stereocenters. The number of nitrogens with zero attached hydrogens (tertiary/aromatic N) is 2. The quantitative estimate of drug-likeness (QED) is 0.472. The van der Waals surface area contributed by atoms with Crippen molar-refractivity contribution in [3.8, 4) is 0 Å². The lowest BCUT2D eigenvalue weighted by Gasteiger charge is -2.33. The summed E-state index contributed by atoms with van der Waals surface area (Å²) in [4.78, 5) is 23.4. The van der Waals surface area contributed by atoms with Crippen molar-refractivity contribution in [2.75, 3.05) is 19.6 Å². The number of non-ortho nitro benzene ring substituents is 1. The average Bonchev–Trinajstić information content (AvgIpc) is 3.33. The van der Waals surface area contributed by atoms with Crippen LogP contribution < -0.4 is 5.32 Å². The van der Waals surface area contributed by atoms with Crippen LogP contribution in [0.5, 0.6) is 0 Å². The van der Waals surface area contributed by atoms with Gasteiger partial charge in [0.2, 0.25) is 15.9 Å². The van der Waals surface area contributed by atoms with Crippen LogP contribution in [0.4, 0.5) is 5.69 Å². The van der Waals surface area contributed by atoms with Gasteiger partial charge in [0.1, 0.15) is 0 Å². The summed E-state index contributed by atoms with van der Waals surface area (Å²) in [5.41, 5.74) is 1.45. The fraction of sp³-hybridized carbons (Fsp3) is 0.480. The molecule has 9 heteroatoms. The zero-order valence-electron chi connectivity index (χ0n) is 19.4. The lowest BCUT2D eigenvalue weighted by atomic mass is 9.78. The first-order chi connectivity index (χ1) is 16.2. The molecule has 0 radical (unpaired) electrons. The van der Waals surface area contributed by atoms with E-state index in [1.807, 2.05) is 18.2 Å². The van der Waals surface area contributed by atoms with E-state index in [1.54, 1.807) is 6.92 Å². The summed E-state index contributed by atoms with van der Waals surface area (Å²) in [6.45, 7) is 2.66. The highest BCUT2D eigenvalue weighted by molar-refractivity contribution is 7.89. The van der Waals surface area contributed by atoms with Crippen molar-refractivity contribution < 1.29 is 18.1 Å². The lowest BCUT2D eigenvalue weighted by molar-refractivity contribution is -0.385. The highest BCUT2D eigenvalue weighted by atomic mass is 32.2. The van der Waals surface area contributed by atoms with Crippen LogP contribution in [0.2, 0.25) is 0 Å². The van der Waals surface area contributed by atoms with Gasteiger partial charge in [0, 0.05) is 43.1 Å². The monoisotopic (exact) mass is 485 g/mol. The third-order valence-electron chi connectivity index (χ3n) is 7.37. The summed E-state index contributed by atoms with van der Waals surface area (Å²) in [7, 11) is -3.87. The Morgan fingerprint density at radius 2 is 1.76 bits per heavy atom. The zero-order chi connectivity index (χ0) is 24.3. The van der Waals surface area contributed by atoms with Gasteiger partial charge in [-0.3, -0.25) is 14.9 Å². The predicted molar refractivity (Wildman–Crippen MR) is 129 cm³/mol. The molecule has 8 nitrogen and oxygen atoms in total. The van der Waals surface area contributed by atoms with E-state index in [1.165, 1.54) is 22.0 Å². The molecule has 0 spiro atoms. The van der Waals surface area contributed by atoms with E-state index in [2.05, 4.69) is 17.4 Å². The van der Waals surface area contributed by atoms with Crippen molar-refractivity contribution in [2.45, 2.75) is 55.8 Å². The molecule has 4 rings (SSSR count). The summed E-state index contributed by atoms with van der Waals surface area (Å²) < 4.78 is 27.7. The number of aryl methyl sites for hydroxylation is 1. The first-order valence-electron chi connectivity index (χ1n) is 11.8. The molecule has 34 heavy (non-hydrogen) atoms. The van der Waals surface area contributed by atoms with E-state index in [9.17, 15) is 23.3 Å². The standard InChI is InChI=1S/C25H31N3O5S/c1-19-9-10-22(28(30)31)17-23(19)34(32,33)27-15-11-20(12-16-27)24(29)26-18-25(13-5-6-14-25)21-7-3-2-4-8-21/h2-4,7-10,17,20H,5-6,11-16,18H2,1H3,(H,26,29). The van der Waals surface area contributed by atoms with Crippen LogP contribution in [0.25, 0.3) is 0 Å². The SMILES string of the molecule is Cc1ccc([N+](=O)[O-])cc1S(=O)(=O)N1CCC(C(=O)NCC2(c3ccccc3)CCCC2)CC1. The molecule has 182 valence electrons. The van der Waals surface area contributed by atoms with Crippen molar-refractivity contribution in [1.29, 1.82) is 0 Å². The Kier molecular flexibility index (Phi) is 7.04. The molecule has 0 bridgehead atoms. The number of rotatable bonds is 7. The second kappa shape index (κ2) is 9.84. The summed E-state index contributed by atoms with van der Waals surface area (Å²) in [6.07, 6.45) is 5.26. The van der Waals surface area contributed by atoms with Crippen molar-refractivity contribution >= 4 is 21.6 Å². The van der Waals surface area contributed by atoms with Crippen LogP contribution in [0.15, 0.2) is 53.4 Å². The molecule has 2 fully saturated rings. The maximum Gasteiger partial charge on any atom is 0.270 e. The molecule has 2 aromatic carbocycles. The van der Waals surface area contributed by atoms with E-state index < -0.39 is 14.9 Å². The van der Waals surface area contributed by atoms with Crippen LogP contribution in [-0.4, -0.2) is 43.2 Å². The van der Waals surface area contributed by atoms with Gasteiger partial charge in [-0.1, -0.05) is 49.2 Å². The number of carbonyl (C=O) groups excluding carboxylic acids is 1. The van der Waals surface area contributed by atoms with Crippen molar-refractivity contribution in [1.82, 2.24) is 9.62 Å². The summed E-state index contributed by atoms with van der Waals surface area (Å²) in [5.74, 6) is -0.266. The van der Waals surface area contributed by atoms with Gasteiger partial charge in [-0.2, -0.15) is 4.31 Å². The van der Waals surface area contributed by atoms with Crippen LogP contribution >= 0.6 is 0 Å². The number of carbonyl (C=O) groups is 1. The predicted octanol–water partition coefficient (Wildman–Crippen LogP) is 3.93. The Hall–Kier alpha value is -2.78. The molecule has 1 N–H and O–H groups in total. The Balaban J connectivity index is 1.38.